The van der Waals surface area contributed by atoms with Crippen molar-refractivity contribution in [2.24, 2.45) is 0 Å². The molecule has 0 aromatic rings. The molecule has 0 N–H and O–H groups in total. The lowest BCUT2D eigenvalue weighted by atomic mass is 10.0. The minimum Gasteiger partial charge on any atom is -0.469 e. The second kappa shape index (κ2) is 4.74. The van der Waals surface area contributed by atoms with E-state index in [4.69, 9.17) is 0 Å². The highest BCUT2D eigenvalue weighted by atomic mass is 127. The van der Waals surface area contributed by atoms with E-state index >= 15 is 0 Å². The first kappa shape index (κ1) is 10.7. The molecule has 2 nitrogen and oxygen atoms in total. The van der Waals surface area contributed by atoms with Crippen molar-refractivity contribution in [3.63, 3.8) is 0 Å². The molecule has 0 fully saturated rings. The molecule has 1 unspecified atom stereocenters. The highest BCUT2D eigenvalue weighted by Gasteiger charge is 2.16. The molecule has 0 aromatic carbocycles. The zero-order valence-electron chi connectivity index (χ0n) is 7.22. The molecule has 0 radical (unpaired) electrons. The first-order valence-corrected chi connectivity index (χ1v) is 5.15. The Kier molecular flexibility index (Phi) is 3.90. The fraction of sp³-hybridized carbons (Fsp3) is 0.444. The van der Waals surface area contributed by atoms with E-state index in [-0.39, 0.29) is 16.2 Å². The van der Waals surface area contributed by atoms with Crippen LogP contribution in [-0.4, -0.2) is 17.0 Å². The molecule has 1 rings (SSSR count). The molecule has 0 heterocycles. The second-order valence-corrected chi connectivity index (χ2v) is 4.35. The Bertz CT molecular complexity index is 271. The molecule has 0 saturated heterocycles. The number of methoxy groups -OCH3 is 1. The topological polar surface area (TPSA) is 26.3 Å². The number of allylic oxidation sites excluding steroid dienone is 3. The SMILES string of the molecule is COC(=O)CC1=CCC(I)C=C1F. The molecule has 1 atom stereocenters. The predicted octanol–water partition coefficient (Wildman–Crippen LogP) is 2.54. The summed E-state index contributed by atoms with van der Waals surface area (Å²) in [6.07, 6.45) is 4.09. The van der Waals surface area contributed by atoms with Gasteiger partial charge in [0, 0.05) is 3.92 Å². The van der Waals surface area contributed by atoms with Crippen molar-refractivity contribution in [3.8, 4) is 0 Å². The summed E-state index contributed by atoms with van der Waals surface area (Å²) in [5.41, 5.74) is 0.444. The monoisotopic (exact) mass is 296 g/mol. The Balaban J connectivity index is 2.62. The maximum absolute atomic E-state index is 13.2. The van der Waals surface area contributed by atoms with E-state index in [2.05, 4.69) is 27.3 Å². The molecule has 1 aliphatic rings. The minimum atomic E-state index is -0.401. The zero-order valence-corrected chi connectivity index (χ0v) is 9.38. The number of carbonyl (C=O) groups is 1. The van der Waals surface area contributed by atoms with Gasteiger partial charge in [0.25, 0.3) is 0 Å². The van der Waals surface area contributed by atoms with Gasteiger partial charge in [-0.15, -0.1) is 0 Å². The van der Waals surface area contributed by atoms with E-state index in [9.17, 15) is 9.18 Å². The molecule has 72 valence electrons. The van der Waals surface area contributed by atoms with E-state index in [0.29, 0.717) is 5.57 Å². The third-order valence-electron chi connectivity index (χ3n) is 1.79. The van der Waals surface area contributed by atoms with Crippen molar-refractivity contribution in [2.45, 2.75) is 16.8 Å². The van der Waals surface area contributed by atoms with Crippen molar-refractivity contribution in [3.05, 3.63) is 23.6 Å². The van der Waals surface area contributed by atoms with Crippen LogP contribution < -0.4 is 0 Å². The van der Waals surface area contributed by atoms with E-state index < -0.39 is 5.97 Å². The normalized spacial score (nSPS) is 21.9. The molecule has 0 amide bonds. The van der Waals surface area contributed by atoms with Crippen LogP contribution in [0.25, 0.3) is 0 Å². The number of alkyl halides is 1. The summed E-state index contributed by atoms with van der Waals surface area (Å²) >= 11 is 2.15. The lowest BCUT2D eigenvalue weighted by Crippen LogP contribution is -2.06. The average Bonchev–Trinajstić information content (AvgIpc) is 2.09. The summed E-state index contributed by atoms with van der Waals surface area (Å²) in [4.78, 5) is 10.8. The van der Waals surface area contributed by atoms with Crippen molar-refractivity contribution >= 4 is 28.6 Å². The second-order valence-electron chi connectivity index (χ2n) is 2.75. The molecular weight excluding hydrogens is 286 g/mol. The lowest BCUT2D eigenvalue weighted by molar-refractivity contribution is -0.139. The Morgan fingerprint density at radius 1 is 1.85 bits per heavy atom. The molecule has 0 bridgehead atoms. The Labute approximate surface area is 90.0 Å². The molecule has 1 aliphatic carbocycles. The summed E-state index contributed by atoms with van der Waals surface area (Å²) in [7, 11) is 1.30. The molecule has 0 aromatic heterocycles. The Morgan fingerprint density at radius 3 is 3.08 bits per heavy atom. The first-order valence-electron chi connectivity index (χ1n) is 3.91. The van der Waals surface area contributed by atoms with E-state index in [1.807, 2.05) is 0 Å². The third-order valence-corrected chi connectivity index (χ3v) is 2.65. The highest BCUT2D eigenvalue weighted by molar-refractivity contribution is 14.1. The summed E-state index contributed by atoms with van der Waals surface area (Å²) in [6.45, 7) is 0. The molecular formula is C9H10FIO2. The van der Waals surface area contributed by atoms with Crippen LogP contribution >= 0.6 is 22.6 Å². The van der Waals surface area contributed by atoms with Gasteiger partial charge in [0.05, 0.1) is 13.5 Å². The smallest absolute Gasteiger partial charge is 0.310 e. The van der Waals surface area contributed by atoms with Crippen molar-refractivity contribution in [2.75, 3.05) is 7.11 Å². The first-order chi connectivity index (χ1) is 6.13. The minimum absolute atomic E-state index is 0.0300. The lowest BCUT2D eigenvalue weighted by Gasteiger charge is -2.11. The fourth-order valence-electron chi connectivity index (χ4n) is 1.07. The molecule has 0 saturated carbocycles. The third kappa shape index (κ3) is 3.10. The summed E-state index contributed by atoms with van der Waals surface area (Å²) in [6, 6.07) is 0. The van der Waals surface area contributed by atoms with Gasteiger partial charge in [0.15, 0.2) is 0 Å². The number of carbonyl (C=O) groups excluding carboxylic acids is 1. The maximum Gasteiger partial charge on any atom is 0.310 e. The van der Waals surface area contributed by atoms with E-state index in [1.165, 1.54) is 13.2 Å². The van der Waals surface area contributed by atoms with Gasteiger partial charge in [-0.05, 0) is 18.1 Å². The number of hydrogen-bond donors (Lipinski definition) is 0. The zero-order chi connectivity index (χ0) is 9.84. The number of hydrogen-bond acceptors (Lipinski definition) is 2. The van der Waals surface area contributed by atoms with Crippen LogP contribution in [0.4, 0.5) is 4.39 Å². The van der Waals surface area contributed by atoms with Crippen LogP contribution in [-0.2, 0) is 9.53 Å². The van der Waals surface area contributed by atoms with Crippen molar-refractivity contribution < 1.29 is 13.9 Å². The number of rotatable bonds is 2. The van der Waals surface area contributed by atoms with Crippen molar-refractivity contribution in [1.29, 1.82) is 0 Å². The van der Waals surface area contributed by atoms with Crippen LogP contribution in [0.1, 0.15) is 12.8 Å². The van der Waals surface area contributed by atoms with Crippen molar-refractivity contribution in [1.82, 2.24) is 0 Å². The van der Waals surface area contributed by atoms with Gasteiger partial charge < -0.3 is 4.74 Å². The summed E-state index contributed by atoms with van der Waals surface area (Å²) < 4.78 is 17.8. The number of halogens is 2. The highest BCUT2D eigenvalue weighted by Crippen LogP contribution is 2.26. The predicted molar refractivity (Wildman–Crippen MR) is 56.3 cm³/mol. The molecule has 0 spiro atoms. The Morgan fingerprint density at radius 2 is 2.54 bits per heavy atom. The standard InChI is InChI=1S/C9H10FIO2/c1-13-9(12)4-6-2-3-7(11)5-8(6)10/h2,5,7H,3-4H2,1H3. The van der Waals surface area contributed by atoms with E-state index in [0.717, 1.165) is 6.42 Å². The molecule has 4 heteroatoms. The van der Waals surface area contributed by atoms with Gasteiger partial charge in [0.1, 0.15) is 5.83 Å². The van der Waals surface area contributed by atoms with Gasteiger partial charge in [-0.1, -0.05) is 28.7 Å². The molecule has 13 heavy (non-hydrogen) atoms. The van der Waals surface area contributed by atoms with Gasteiger partial charge in [-0.3, -0.25) is 4.79 Å². The number of esters is 1. The van der Waals surface area contributed by atoms with Gasteiger partial charge in [0.2, 0.25) is 0 Å². The van der Waals surface area contributed by atoms with Crippen LogP contribution in [0, 0.1) is 0 Å². The average molecular weight is 296 g/mol. The van der Waals surface area contributed by atoms with E-state index in [1.54, 1.807) is 6.08 Å². The summed E-state index contributed by atoms with van der Waals surface area (Å²) in [5.74, 6) is -0.697. The maximum atomic E-state index is 13.2. The largest absolute Gasteiger partial charge is 0.469 e. The van der Waals surface area contributed by atoms with Gasteiger partial charge in [-0.2, -0.15) is 0 Å². The van der Waals surface area contributed by atoms with Crippen LogP contribution in [0.5, 0.6) is 0 Å². The van der Waals surface area contributed by atoms with Crippen LogP contribution in [0.3, 0.4) is 0 Å². The summed E-state index contributed by atoms with van der Waals surface area (Å²) in [5, 5.41) is 0. The van der Waals surface area contributed by atoms with Gasteiger partial charge in [-0.25, -0.2) is 4.39 Å². The quantitative estimate of drug-likeness (QED) is 0.445. The van der Waals surface area contributed by atoms with Crippen LogP contribution in [0.2, 0.25) is 0 Å². The molecule has 0 aliphatic heterocycles. The fourth-order valence-corrected chi connectivity index (χ4v) is 1.64. The van der Waals surface area contributed by atoms with Gasteiger partial charge >= 0.3 is 5.97 Å². The Hall–Kier alpha value is -0.390. The number of ether oxygens (including phenoxy) is 1. The van der Waals surface area contributed by atoms with Crippen LogP contribution in [0.15, 0.2) is 23.6 Å².